The summed E-state index contributed by atoms with van der Waals surface area (Å²) >= 11 is 0. The van der Waals surface area contributed by atoms with E-state index in [9.17, 15) is 4.79 Å². The minimum atomic E-state index is 0.0115. The van der Waals surface area contributed by atoms with Crippen LogP contribution in [0.2, 0.25) is 0 Å². The van der Waals surface area contributed by atoms with Gasteiger partial charge in [-0.15, -0.1) is 10.2 Å². The molecule has 1 N–H and O–H groups in total. The average molecular weight is 293 g/mol. The van der Waals surface area contributed by atoms with Gasteiger partial charge in [-0.2, -0.15) is 0 Å². The monoisotopic (exact) mass is 293 g/mol. The van der Waals surface area contributed by atoms with Crippen molar-refractivity contribution in [1.29, 1.82) is 0 Å². The molecule has 0 radical (unpaired) electrons. The van der Waals surface area contributed by atoms with Crippen LogP contribution >= 0.6 is 0 Å². The van der Waals surface area contributed by atoms with Crippen LogP contribution in [0.4, 0.5) is 4.79 Å². The first kappa shape index (κ1) is 14.3. The third-order valence-electron chi connectivity index (χ3n) is 4.33. The highest BCUT2D eigenvalue weighted by Gasteiger charge is 2.28. The minimum absolute atomic E-state index is 0.0115. The first-order valence-corrected chi connectivity index (χ1v) is 7.72. The second-order valence-corrected chi connectivity index (χ2v) is 5.91. The van der Waals surface area contributed by atoms with Crippen molar-refractivity contribution in [3.63, 3.8) is 0 Å². The van der Waals surface area contributed by atoms with Gasteiger partial charge in [-0.05, 0) is 25.7 Å². The average Bonchev–Trinajstić information content (AvgIpc) is 3.16. The van der Waals surface area contributed by atoms with E-state index in [1.165, 1.54) is 0 Å². The number of rotatable bonds is 3. The van der Waals surface area contributed by atoms with Crippen LogP contribution in [-0.2, 0) is 11.8 Å². The Hall–Kier alpha value is -1.63. The molecule has 3 heterocycles. The summed E-state index contributed by atoms with van der Waals surface area (Å²) in [6, 6.07) is 0.0115. The Morgan fingerprint density at radius 1 is 1.48 bits per heavy atom. The molecule has 3 rings (SSSR count). The molecule has 2 atom stereocenters. The summed E-state index contributed by atoms with van der Waals surface area (Å²) in [5.41, 5.74) is 0. The second-order valence-electron chi connectivity index (χ2n) is 5.91. The van der Waals surface area contributed by atoms with Crippen molar-refractivity contribution in [3.05, 3.63) is 12.2 Å². The summed E-state index contributed by atoms with van der Waals surface area (Å²) in [6.07, 6.45) is 6.10. The lowest BCUT2D eigenvalue weighted by atomic mass is 9.97. The van der Waals surface area contributed by atoms with Crippen LogP contribution in [0.15, 0.2) is 6.33 Å². The van der Waals surface area contributed by atoms with Gasteiger partial charge in [0.05, 0.1) is 6.10 Å². The Balaban J connectivity index is 1.53. The first-order chi connectivity index (χ1) is 10.2. The Morgan fingerprint density at radius 3 is 3.10 bits per heavy atom. The molecular formula is C14H23N5O2. The molecule has 2 aliphatic heterocycles. The smallest absolute Gasteiger partial charge is 0.317 e. The normalized spacial score (nSPS) is 26.0. The highest BCUT2D eigenvalue weighted by Crippen LogP contribution is 2.25. The van der Waals surface area contributed by atoms with E-state index in [0.717, 1.165) is 44.7 Å². The van der Waals surface area contributed by atoms with Crippen LogP contribution in [0, 0.1) is 0 Å². The van der Waals surface area contributed by atoms with Gasteiger partial charge in [0.1, 0.15) is 12.2 Å². The van der Waals surface area contributed by atoms with Crippen molar-refractivity contribution < 1.29 is 9.53 Å². The van der Waals surface area contributed by atoms with Gasteiger partial charge >= 0.3 is 6.03 Å². The fraction of sp³-hybridized carbons (Fsp3) is 0.786. The van der Waals surface area contributed by atoms with Gasteiger partial charge in [0.25, 0.3) is 0 Å². The molecule has 2 amide bonds. The van der Waals surface area contributed by atoms with Crippen LogP contribution in [0.25, 0.3) is 0 Å². The molecule has 0 aromatic carbocycles. The number of likely N-dealkylation sites (tertiary alicyclic amines) is 1. The maximum atomic E-state index is 12.3. The van der Waals surface area contributed by atoms with Crippen LogP contribution in [0.3, 0.4) is 0 Å². The lowest BCUT2D eigenvalue weighted by molar-refractivity contribution is 0.107. The third kappa shape index (κ3) is 3.34. The number of hydrogen-bond acceptors (Lipinski definition) is 4. The number of amides is 2. The van der Waals surface area contributed by atoms with Crippen molar-refractivity contribution in [2.24, 2.45) is 7.05 Å². The van der Waals surface area contributed by atoms with E-state index in [1.807, 2.05) is 16.5 Å². The van der Waals surface area contributed by atoms with Gasteiger partial charge in [-0.1, -0.05) is 0 Å². The Labute approximate surface area is 124 Å². The van der Waals surface area contributed by atoms with E-state index in [-0.39, 0.29) is 18.1 Å². The van der Waals surface area contributed by atoms with Gasteiger partial charge < -0.3 is 19.5 Å². The maximum Gasteiger partial charge on any atom is 0.317 e. The van der Waals surface area contributed by atoms with Crippen molar-refractivity contribution in [2.45, 2.75) is 37.7 Å². The minimum Gasteiger partial charge on any atom is -0.376 e. The largest absolute Gasteiger partial charge is 0.376 e. The standard InChI is InChI=1S/C14H23N5O2/c1-18-10-16-17-13(18)11-4-2-6-19(9-11)14(20)15-8-12-5-3-7-21-12/h10-12H,2-9H2,1H3,(H,15,20)/t11-,12-/m1/s1. The highest BCUT2D eigenvalue weighted by molar-refractivity contribution is 5.74. The summed E-state index contributed by atoms with van der Waals surface area (Å²) in [6.45, 7) is 2.96. The Morgan fingerprint density at radius 2 is 2.38 bits per heavy atom. The van der Waals surface area contributed by atoms with E-state index in [2.05, 4.69) is 15.5 Å². The molecule has 2 saturated heterocycles. The Kier molecular flexibility index (Phi) is 4.38. The van der Waals surface area contributed by atoms with Gasteiger partial charge in [0.2, 0.25) is 0 Å². The molecule has 0 saturated carbocycles. The molecule has 2 fully saturated rings. The summed E-state index contributed by atoms with van der Waals surface area (Å²) in [5.74, 6) is 1.24. The van der Waals surface area contributed by atoms with Crippen molar-refractivity contribution in [1.82, 2.24) is 25.0 Å². The predicted octanol–water partition coefficient (Wildman–Crippen LogP) is 0.883. The van der Waals surface area contributed by atoms with Crippen LogP contribution in [0.1, 0.15) is 37.4 Å². The van der Waals surface area contributed by atoms with E-state index in [1.54, 1.807) is 6.33 Å². The fourth-order valence-electron chi connectivity index (χ4n) is 3.15. The van der Waals surface area contributed by atoms with Gasteiger partial charge in [-0.3, -0.25) is 0 Å². The summed E-state index contributed by atoms with van der Waals surface area (Å²) < 4.78 is 7.47. The number of nitrogens with zero attached hydrogens (tertiary/aromatic N) is 4. The number of aromatic nitrogens is 3. The zero-order valence-electron chi connectivity index (χ0n) is 12.5. The highest BCUT2D eigenvalue weighted by atomic mass is 16.5. The summed E-state index contributed by atoms with van der Waals surface area (Å²) in [7, 11) is 1.95. The van der Waals surface area contributed by atoms with E-state index >= 15 is 0 Å². The zero-order chi connectivity index (χ0) is 14.7. The molecule has 2 aliphatic rings. The lowest BCUT2D eigenvalue weighted by Crippen LogP contribution is -2.47. The van der Waals surface area contributed by atoms with Crippen LogP contribution < -0.4 is 5.32 Å². The fourth-order valence-corrected chi connectivity index (χ4v) is 3.15. The molecule has 7 nitrogen and oxygen atoms in total. The van der Waals surface area contributed by atoms with E-state index < -0.39 is 0 Å². The predicted molar refractivity (Wildman–Crippen MR) is 76.9 cm³/mol. The molecule has 21 heavy (non-hydrogen) atoms. The molecule has 0 unspecified atom stereocenters. The molecule has 0 bridgehead atoms. The molecule has 7 heteroatoms. The molecule has 0 spiro atoms. The molecule has 116 valence electrons. The SMILES string of the molecule is Cn1cnnc1[C@@H]1CCCN(C(=O)NC[C@H]2CCCO2)C1. The number of carbonyl (C=O) groups is 1. The Bertz CT molecular complexity index is 483. The van der Waals surface area contributed by atoms with Crippen LogP contribution in [-0.4, -0.2) is 58.0 Å². The first-order valence-electron chi connectivity index (χ1n) is 7.72. The molecular weight excluding hydrogens is 270 g/mol. The zero-order valence-corrected chi connectivity index (χ0v) is 12.5. The number of ether oxygens (including phenoxy) is 1. The van der Waals surface area contributed by atoms with Crippen molar-refractivity contribution in [2.75, 3.05) is 26.2 Å². The number of piperidine rings is 1. The topological polar surface area (TPSA) is 72.3 Å². The summed E-state index contributed by atoms with van der Waals surface area (Å²) in [4.78, 5) is 14.2. The molecule has 0 aliphatic carbocycles. The summed E-state index contributed by atoms with van der Waals surface area (Å²) in [5, 5.41) is 11.1. The number of urea groups is 1. The lowest BCUT2D eigenvalue weighted by Gasteiger charge is -2.32. The number of nitrogens with one attached hydrogen (secondary N) is 1. The molecule has 1 aromatic heterocycles. The van der Waals surface area contributed by atoms with Crippen molar-refractivity contribution in [3.8, 4) is 0 Å². The van der Waals surface area contributed by atoms with Gasteiger partial charge in [0, 0.05) is 39.2 Å². The van der Waals surface area contributed by atoms with E-state index in [0.29, 0.717) is 13.1 Å². The second kappa shape index (κ2) is 6.43. The van der Waals surface area contributed by atoms with Crippen molar-refractivity contribution >= 4 is 6.03 Å². The quantitative estimate of drug-likeness (QED) is 0.898. The van der Waals surface area contributed by atoms with Gasteiger partial charge in [-0.25, -0.2) is 4.79 Å². The number of carbonyl (C=O) groups excluding carboxylic acids is 1. The molecule has 1 aromatic rings. The van der Waals surface area contributed by atoms with E-state index in [4.69, 9.17) is 4.74 Å². The third-order valence-corrected chi connectivity index (χ3v) is 4.33. The van der Waals surface area contributed by atoms with Crippen LogP contribution in [0.5, 0.6) is 0 Å². The number of hydrogen-bond donors (Lipinski definition) is 1. The van der Waals surface area contributed by atoms with Gasteiger partial charge in [0.15, 0.2) is 0 Å². The maximum absolute atomic E-state index is 12.3. The number of aryl methyl sites for hydroxylation is 1.